The van der Waals surface area contributed by atoms with Crippen LogP contribution in [0.5, 0.6) is 0 Å². The maximum atomic E-state index is 12.8. The molecule has 0 bridgehead atoms. The number of rotatable bonds is 5. The van der Waals surface area contributed by atoms with Crippen LogP contribution in [0.1, 0.15) is 56.2 Å². The van der Waals surface area contributed by atoms with Crippen molar-refractivity contribution in [3.8, 4) is 0 Å². The third-order valence-electron chi connectivity index (χ3n) is 5.29. The number of nitrogens with one attached hydrogen (secondary N) is 1. The molecule has 2 unspecified atom stereocenters. The highest BCUT2D eigenvalue weighted by molar-refractivity contribution is 5.77. The van der Waals surface area contributed by atoms with Crippen molar-refractivity contribution >= 4 is 5.91 Å². The number of carbonyl (C=O) groups excluding carboxylic acids is 1. The van der Waals surface area contributed by atoms with Crippen LogP contribution in [0.3, 0.4) is 0 Å². The summed E-state index contributed by atoms with van der Waals surface area (Å²) in [6, 6.07) is 8.89. The molecule has 0 spiro atoms. The molecule has 4 heteroatoms. The number of piperazine rings is 1. The monoisotopic (exact) mass is 330 g/mol. The number of carbonyl (C=O) groups is 1. The van der Waals surface area contributed by atoms with Gasteiger partial charge in [0.05, 0.1) is 12.1 Å². The van der Waals surface area contributed by atoms with Gasteiger partial charge in [-0.2, -0.15) is 0 Å². The van der Waals surface area contributed by atoms with Crippen molar-refractivity contribution in [3.05, 3.63) is 35.4 Å². The van der Waals surface area contributed by atoms with E-state index in [1.54, 1.807) is 0 Å². The van der Waals surface area contributed by atoms with Gasteiger partial charge in [-0.1, -0.05) is 31.2 Å². The summed E-state index contributed by atoms with van der Waals surface area (Å²) in [6.07, 6.45) is 6.31. The smallest absolute Gasteiger partial charge is 0.223 e. The second kappa shape index (κ2) is 8.63. The Morgan fingerprint density at radius 1 is 1.29 bits per heavy atom. The first kappa shape index (κ1) is 17.4. The van der Waals surface area contributed by atoms with E-state index in [9.17, 15) is 4.79 Å². The van der Waals surface area contributed by atoms with Crippen LogP contribution in [0.2, 0.25) is 0 Å². The molecule has 2 saturated heterocycles. The van der Waals surface area contributed by atoms with Crippen LogP contribution < -0.4 is 5.32 Å². The van der Waals surface area contributed by atoms with Crippen LogP contribution in [-0.2, 0) is 16.0 Å². The van der Waals surface area contributed by atoms with E-state index in [-0.39, 0.29) is 18.1 Å². The zero-order valence-electron chi connectivity index (χ0n) is 14.8. The van der Waals surface area contributed by atoms with E-state index in [2.05, 4.69) is 41.4 Å². The summed E-state index contributed by atoms with van der Waals surface area (Å²) in [5.74, 6) is 0.273. The van der Waals surface area contributed by atoms with Crippen molar-refractivity contribution in [2.45, 2.75) is 57.6 Å². The van der Waals surface area contributed by atoms with Crippen LogP contribution in [0.4, 0.5) is 0 Å². The average Bonchev–Trinajstić information content (AvgIpc) is 2.67. The molecule has 3 rings (SSSR count). The molecule has 2 atom stereocenters. The van der Waals surface area contributed by atoms with Gasteiger partial charge in [0.25, 0.3) is 0 Å². The molecule has 1 aromatic carbocycles. The van der Waals surface area contributed by atoms with Gasteiger partial charge in [-0.3, -0.25) is 4.79 Å². The Bertz CT molecular complexity index is 523. The predicted molar refractivity (Wildman–Crippen MR) is 96.0 cm³/mol. The van der Waals surface area contributed by atoms with Crippen molar-refractivity contribution in [3.63, 3.8) is 0 Å². The van der Waals surface area contributed by atoms with Gasteiger partial charge in [0.15, 0.2) is 0 Å². The van der Waals surface area contributed by atoms with E-state index in [4.69, 9.17) is 4.74 Å². The zero-order chi connectivity index (χ0) is 16.8. The second-order valence-corrected chi connectivity index (χ2v) is 6.93. The largest absolute Gasteiger partial charge is 0.378 e. The lowest BCUT2D eigenvalue weighted by atomic mass is 9.99. The van der Waals surface area contributed by atoms with E-state index in [0.29, 0.717) is 6.42 Å². The molecular formula is C20H30N2O2. The number of hydrogen-bond donors (Lipinski definition) is 1. The summed E-state index contributed by atoms with van der Waals surface area (Å²) in [7, 11) is 0. The van der Waals surface area contributed by atoms with E-state index in [0.717, 1.165) is 51.9 Å². The molecule has 0 radical (unpaired) electrons. The topological polar surface area (TPSA) is 41.6 Å². The van der Waals surface area contributed by atoms with Crippen LogP contribution >= 0.6 is 0 Å². The summed E-state index contributed by atoms with van der Waals surface area (Å²) >= 11 is 0. The molecule has 2 aliphatic heterocycles. The maximum absolute atomic E-state index is 12.8. The third kappa shape index (κ3) is 4.37. The number of amides is 1. The number of hydrogen-bond acceptors (Lipinski definition) is 3. The minimum absolute atomic E-state index is 0.157. The molecule has 1 N–H and O–H groups in total. The highest BCUT2D eigenvalue weighted by Gasteiger charge is 2.28. The Hall–Kier alpha value is -1.39. The van der Waals surface area contributed by atoms with Crippen molar-refractivity contribution in [2.75, 3.05) is 26.2 Å². The molecule has 24 heavy (non-hydrogen) atoms. The molecule has 0 aromatic heterocycles. The average molecular weight is 330 g/mol. The molecule has 0 aliphatic carbocycles. The van der Waals surface area contributed by atoms with E-state index in [1.165, 1.54) is 17.5 Å². The van der Waals surface area contributed by atoms with Crippen LogP contribution in [0, 0.1) is 0 Å². The lowest BCUT2D eigenvalue weighted by Gasteiger charge is -2.37. The first-order chi connectivity index (χ1) is 11.8. The standard InChI is InChI=1S/C20H30N2O2/c1-2-16-6-8-17(9-7-16)19-15-21-12-13-22(19)20(23)11-10-18-5-3-4-14-24-18/h6-9,18-19,21H,2-5,10-15H2,1H3. The van der Waals surface area contributed by atoms with E-state index >= 15 is 0 Å². The van der Waals surface area contributed by atoms with Gasteiger partial charge < -0.3 is 15.0 Å². The zero-order valence-corrected chi connectivity index (χ0v) is 14.8. The molecule has 4 nitrogen and oxygen atoms in total. The first-order valence-electron chi connectivity index (χ1n) is 9.48. The number of nitrogens with zero attached hydrogens (tertiary/aromatic N) is 1. The fourth-order valence-electron chi connectivity index (χ4n) is 3.74. The van der Waals surface area contributed by atoms with Crippen molar-refractivity contribution in [1.82, 2.24) is 10.2 Å². The highest BCUT2D eigenvalue weighted by atomic mass is 16.5. The number of benzene rings is 1. The van der Waals surface area contributed by atoms with Crippen LogP contribution in [0.15, 0.2) is 24.3 Å². The van der Waals surface area contributed by atoms with Crippen LogP contribution in [0.25, 0.3) is 0 Å². The minimum Gasteiger partial charge on any atom is -0.378 e. The summed E-state index contributed by atoms with van der Waals surface area (Å²) in [6.45, 7) is 5.55. The Labute approximate surface area is 145 Å². The summed E-state index contributed by atoms with van der Waals surface area (Å²) in [5.41, 5.74) is 2.58. The maximum Gasteiger partial charge on any atom is 0.223 e. The van der Waals surface area contributed by atoms with Gasteiger partial charge in [0, 0.05) is 32.7 Å². The van der Waals surface area contributed by atoms with Crippen molar-refractivity contribution in [2.24, 2.45) is 0 Å². The Morgan fingerprint density at radius 3 is 2.83 bits per heavy atom. The lowest BCUT2D eigenvalue weighted by molar-refractivity contribution is -0.135. The molecule has 2 aliphatic rings. The Balaban J connectivity index is 1.61. The van der Waals surface area contributed by atoms with Gasteiger partial charge in [-0.25, -0.2) is 0 Å². The van der Waals surface area contributed by atoms with E-state index < -0.39 is 0 Å². The number of ether oxygens (including phenoxy) is 1. The molecule has 2 heterocycles. The summed E-state index contributed by atoms with van der Waals surface area (Å²) < 4.78 is 5.77. The summed E-state index contributed by atoms with van der Waals surface area (Å²) in [4.78, 5) is 14.9. The number of aryl methyl sites for hydroxylation is 1. The molecular weight excluding hydrogens is 300 g/mol. The molecule has 1 amide bonds. The predicted octanol–water partition coefficient (Wildman–Crippen LogP) is 3.07. The van der Waals surface area contributed by atoms with E-state index in [1.807, 2.05) is 0 Å². The normalized spacial score (nSPS) is 24.8. The highest BCUT2D eigenvalue weighted by Crippen LogP contribution is 2.25. The minimum atomic E-state index is 0.157. The van der Waals surface area contributed by atoms with Crippen molar-refractivity contribution in [1.29, 1.82) is 0 Å². The van der Waals surface area contributed by atoms with Gasteiger partial charge >= 0.3 is 0 Å². The lowest BCUT2D eigenvalue weighted by Crippen LogP contribution is -2.48. The molecule has 2 fully saturated rings. The fraction of sp³-hybridized carbons (Fsp3) is 0.650. The molecule has 132 valence electrons. The fourth-order valence-corrected chi connectivity index (χ4v) is 3.74. The Kier molecular flexibility index (Phi) is 6.27. The SMILES string of the molecule is CCc1ccc(C2CNCCN2C(=O)CCC2CCCCO2)cc1. The summed E-state index contributed by atoms with van der Waals surface area (Å²) in [5, 5.41) is 3.43. The van der Waals surface area contributed by atoms with Gasteiger partial charge in [-0.15, -0.1) is 0 Å². The van der Waals surface area contributed by atoms with Gasteiger partial charge in [0.2, 0.25) is 5.91 Å². The third-order valence-corrected chi connectivity index (χ3v) is 5.29. The van der Waals surface area contributed by atoms with Gasteiger partial charge in [0.1, 0.15) is 0 Å². The first-order valence-corrected chi connectivity index (χ1v) is 9.48. The second-order valence-electron chi connectivity index (χ2n) is 6.93. The van der Waals surface area contributed by atoms with Crippen LogP contribution in [-0.4, -0.2) is 43.2 Å². The molecule has 1 aromatic rings. The molecule has 0 saturated carbocycles. The Morgan fingerprint density at radius 2 is 2.12 bits per heavy atom. The quantitative estimate of drug-likeness (QED) is 0.902. The van der Waals surface area contributed by atoms with Gasteiger partial charge in [-0.05, 0) is 43.2 Å². The van der Waals surface area contributed by atoms with Crippen molar-refractivity contribution < 1.29 is 9.53 Å².